The molecule has 0 atom stereocenters. The number of hydrogen-bond acceptors (Lipinski definition) is 9. The van der Waals surface area contributed by atoms with Gasteiger partial charge in [0.2, 0.25) is 10.0 Å². The van der Waals surface area contributed by atoms with Crippen LogP contribution < -0.4 is 4.72 Å². The van der Waals surface area contributed by atoms with Gasteiger partial charge in [-0.05, 0) is 18.2 Å². The Morgan fingerprint density at radius 2 is 0.930 bits per heavy atom. The molecular weight excluding hydrogens is 626 g/mol. The number of carbonyl (C=O) groups is 4. The van der Waals surface area contributed by atoms with E-state index in [4.69, 9.17) is 15.3 Å². The maximum Gasteiger partial charge on any atom is 0.416 e. The summed E-state index contributed by atoms with van der Waals surface area (Å²) in [4.78, 5) is 47.7. The Labute approximate surface area is 240 Å². The predicted octanol–water partition coefficient (Wildman–Crippen LogP) is 0.710. The van der Waals surface area contributed by atoms with Crippen molar-refractivity contribution in [1.29, 1.82) is 0 Å². The second-order valence-corrected chi connectivity index (χ2v) is 10.9. The molecule has 5 N–H and O–H groups in total. The van der Waals surface area contributed by atoms with E-state index in [-0.39, 0.29) is 44.4 Å². The molecule has 0 aliphatic rings. The van der Waals surface area contributed by atoms with Crippen molar-refractivity contribution in [1.82, 2.24) is 14.7 Å². The second kappa shape index (κ2) is 15.7. The summed E-state index contributed by atoms with van der Waals surface area (Å²) in [6.07, 6.45) is -10.5. The van der Waals surface area contributed by atoms with Crippen molar-refractivity contribution < 1.29 is 74.4 Å². The number of carboxylic acid groups (broad SMARTS) is 4. The number of nitrogens with zero attached hydrogens (tertiary/aromatic N) is 3. The van der Waals surface area contributed by atoms with Gasteiger partial charge in [0.05, 0.1) is 43.1 Å². The molecule has 0 saturated carbocycles. The first-order valence-corrected chi connectivity index (χ1v) is 13.6. The number of anilines is 1. The molecule has 0 fully saturated rings. The highest BCUT2D eigenvalue weighted by molar-refractivity contribution is 7.92. The minimum atomic E-state index is -5.24. The summed E-state index contributed by atoms with van der Waals surface area (Å²) < 4.78 is 105. The van der Waals surface area contributed by atoms with Gasteiger partial charge >= 0.3 is 36.2 Å². The van der Waals surface area contributed by atoms with Gasteiger partial charge in [-0.15, -0.1) is 0 Å². The molecule has 1 rings (SSSR count). The van der Waals surface area contributed by atoms with E-state index in [0.717, 1.165) is 9.80 Å². The van der Waals surface area contributed by atoms with Gasteiger partial charge in [-0.3, -0.25) is 38.6 Å². The highest BCUT2D eigenvalue weighted by Gasteiger charge is 2.37. The van der Waals surface area contributed by atoms with E-state index in [2.05, 4.69) is 0 Å². The van der Waals surface area contributed by atoms with Crippen LogP contribution >= 0.6 is 0 Å². The van der Waals surface area contributed by atoms with Crippen molar-refractivity contribution in [2.75, 3.05) is 69.4 Å². The summed E-state index contributed by atoms with van der Waals surface area (Å²) in [7, 11) is -4.64. The minimum absolute atomic E-state index is 0.156. The Kier molecular flexibility index (Phi) is 13.6. The van der Waals surface area contributed by atoms with Crippen LogP contribution in [0.3, 0.4) is 0 Å². The van der Waals surface area contributed by atoms with E-state index in [0.29, 0.717) is 0 Å². The van der Waals surface area contributed by atoms with E-state index in [9.17, 15) is 59.0 Å². The smallest absolute Gasteiger partial charge is 0.416 e. The molecule has 0 aliphatic carbocycles. The Morgan fingerprint density at radius 3 is 1.28 bits per heavy atom. The first-order valence-electron chi connectivity index (χ1n) is 11.9. The van der Waals surface area contributed by atoms with E-state index in [1.54, 1.807) is 4.72 Å². The Balaban J connectivity index is 3.01. The maximum atomic E-state index is 13.1. The molecule has 0 saturated heterocycles. The third-order valence-electron chi connectivity index (χ3n) is 5.44. The van der Waals surface area contributed by atoms with Gasteiger partial charge in [0, 0.05) is 38.4 Å². The van der Waals surface area contributed by atoms with Gasteiger partial charge in [-0.2, -0.15) is 26.3 Å². The molecule has 43 heavy (non-hydrogen) atoms. The van der Waals surface area contributed by atoms with Crippen LogP contribution in [0.5, 0.6) is 0 Å². The highest BCUT2D eigenvalue weighted by atomic mass is 32.2. The summed E-state index contributed by atoms with van der Waals surface area (Å²) >= 11 is 0. The SMILES string of the molecule is O=C(O)CN(CCN(CCS(=O)(=O)Nc1cc(C(F)(F)F)cc(C(F)(F)F)c1)CC(=O)O)CCN(CC(=O)O)CC(=O)O. The summed E-state index contributed by atoms with van der Waals surface area (Å²) in [5.41, 5.74) is -4.57. The van der Waals surface area contributed by atoms with E-state index < -0.39 is 102 Å². The molecule has 14 nitrogen and oxygen atoms in total. The van der Waals surface area contributed by atoms with Crippen LogP contribution in [0.4, 0.5) is 32.0 Å². The lowest BCUT2D eigenvalue weighted by atomic mass is 10.1. The van der Waals surface area contributed by atoms with E-state index in [1.807, 2.05) is 0 Å². The zero-order chi connectivity index (χ0) is 33.2. The summed E-state index contributed by atoms with van der Waals surface area (Å²) in [5, 5.41) is 36.2. The van der Waals surface area contributed by atoms with Crippen molar-refractivity contribution in [3.8, 4) is 0 Å². The number of aliphatic carboxylic acids is 4. The number of sulfonamides is 1. The quantitative estimate of drug-likeness (QED) is 0.131. The van der Waals surface area contributed by atoms with E-state index in [1.165, 1.54) is 4.90 Å². The fourth-order valence-corrected chi connectivity index (χ4v) is 4.66. The summed E-state index contributed by atoms with van der Waals surface area (Å²) in [6, 6.07) is 0.116. The number of carboxylic acids is 4. The van der Waals surface area contributed by atoms with Gasteiger partial charge in [0.1, 0.15) is 0 Å². The fraction of sp³-hybridized carbons (Fsp3) is 0.545. The standard InChI is InChI=1S/C22H28F6N4O10S/c23-21(24,25)14-7-15(22(26,27)28)9-16(8-14)29-43(41,42)6-5-31(11-18(35)36)2-1-30(10-17(33)34)3-4-32(12-19(37)38)13-20(39)40/h7-9,29H,1-6,10-13H2,(H,33,34)(H,35,36)(H,37,38)(H,39,40). The van der Waals surface area contributed by atoms with Crippen LogP contribution in [0, 0.1) is 0 Å². The van der Waals surface area contributed by atoms with Crippen LogP contribution in [0.1, 0.15) is 11.1 Å². The van der Waals surface area contributed by atoms with Gasteiger partial charge < -0.3 is 20.4 Å². The molecule has 0 amide bonds. The van der Waals surface area contributed by atoms with Crippen LogP contribution in [0.2, 0.25) is 0 Å². The first-order chi connectivity index (χ1) is 19.6. The summed E-state index contributed by atoms with van der Waals surface area (Å²) in [5.74, 6) is -6.49. The van der Waals surface area contributed by atoms with Crippen LogP contribution in [0.15, 0.2) is 18.2 Å². The summed E-state index contributed by atoms with van der Waals surface area (Å²) in [6.45, 7) is -4.34. The molecule has 0 heterocycles. The molecule has 0 spiro atoms. The number of hydrogen-bond donors (Lipinski definition) is 5. The van der Waals surface area contributed by atoms with Crippen LogP contribution in [-0.2, 0) is 41.6 Å². The normalized spacial score (nSPS) is 12.6. The molecule has 1 aromatic rings. The average molecular weight is 655 g/mol. The lowest BCUT2D eigenvalue weighted by molar-refractivity contribution is -0.144. The highest BCUT2D eigenvalue weighted by Crippen LogP contribution is 2.37. The average Bonchev–Trinajstić information content (AvgIpc) is 2.81. The molecule has 0 unspecified atom stereocenters. The number of benzene rings is 1. The van der Waals surface area contributed by atoms with Crippen molar-refractivity contribution in [3.05, 3.63) is 29.3 Å². The topological polar surface area (TPSA) is 205 Å². The maximum absolute atomic E-state index is 13.1. The van der Waals surface area contributed by atoms with E-state index >= 15 is 0 Å². The first kappa shape index (κ1) is 37.3. The molecule has 21 heteroatoms. The number of halogens is 6. The van der Waals surface area contributed by atoms with Crippen molar-refractivity contribution in [3.63, 3.8) is 0 Å². The molecular formula is C22H28F6N4O10S. The monoisotopic (exact) mass is 654 g/mol. The molecule has 1 aromatic carbocycles. The van der Waals surface area contributed by atoms with Gasteiger partial charge in [0.25, 0.3) is 0 Å². The van der Waals surface area contributed by atoms with Gasteiger partial charge in [0.15, 0.2) is 0 Å². The molecule has 0 aromatic heterocycles. The Hall–Kier alpha value is -3.69. The van der Waals surface area contributed by atoms with Crippen LogP contribution in [0.25, 0.3) is 0 Å². The zero-order valence-corrected chi connectivity index (χ0v) is 22.9. The van der Waals surface area contributed by atoms with Gasteiger partial charge in [-0.1, -0.05) is 0 Å². The predicted molar refractivity (Wildman–Crippen MR) is 134 cm³/mol. The van der Waals surface area contributed by atoms with Crippen molar-refractivity contribution in [2.45, 2.75) is 12.4 Å². The molecule has 244 valence electrons. The molecule has 0 bridgehead atoms. The molecule has 0 aliphatic heterocycles. The Bertz CT molecular complexity index is 1210. The van der Waals surface area contributed by atoms with Crippen LogP contribution in [-0.4, -0.2) is 132 Å². The van der Waals surface area contributed by atoms with Crippen molar-refractivity contribution >= 4 is 39.6 Å². The Morgan fingerprint density at radius 1 is 0.605 bits per heavy atom. The van der Waals surface area contributed by atoms with Crippen molar-refractivity contribution in [2.24, 2.45) is 0 Å². The zero-order valence-electron chi connectivity index (χ0n) is 22.1. The van der Waals surface area contributed by atoms with Gasteiger partial charge in [-0.25, -0.2) is 8.42 Å². The number of alkyl halides is 6. The second-order valence-electron chi connectivity index (χ2n) is 9.05. The third-order valence-corrected chi connectivity index (χ3v) is 6.70. The third kappa shape index (κ3) is 15.4. The minimum Gasteiger partial charge on any atom is -0.480 e. The molecule has 0 radical (unpaired) electrons. The lowest BCUT2D eigenvalue weighted by Crippen LogP contribution is -2.45. The lowest BCUT2D eigenvalue weighted by Gasteiger charge is -2.27. The largest absolute Gasteiger partial charge is 0.480 e. The number of rotatable bonds is 19. The number of nitrogens with one attached hydrogen (secondary N) is 1. The fourth-order valence-electron chi connectivity index (χ4n) is 3.58.